The lowest BCUT2D eigenvalue weighted by atomic mass is 10.2. The monoisotopic (exact) mass is 379 g/mol. The molecule has 1 heterocycles. The van der Waals surface area contributed by atoms with Crippen molar-refractivity contribution in [3.05, 3.63) is 66.4 Å². The predicted octanol–water partition coefficient (Wildman–Crippen LogP) is 4.57. The van der Waals surface area contributed by atoms with Crippen LogP contribution in [-0.2, 0) is 13.0 Å². The van der Waals surface area contributed by atoms with E-state index in [0.717, 1.165) is 19.4 Å². The van der Waals surface area contributed by atoms with Crippen LogP contribution < -0.4 is 16.0 Å². The molecule has 0 bridgehead atoms. The molecule has 3 nitrogen and oxygen atoms in total. The zero-order chi connectivity index (χ0) is 18.9. The summed E-state index contributed by atoms with van der Waals surface area (Å²) >= 11 is 0. The first kappa shape index (κ1) is 19.8. The number of nitrogens with zero attached hydrogens (tertiary/aromatic N) is 3. The predicted molar refractivity (Wildman–Crippen MR) is 117 cm³/mol. The molecule has 0 fully saturated rings. The molecular weight excluding hydrogens is 349 g/mol. The second-order valence-electron chi connectivity index (χ2n) is 6.90. The van der Waals surface area contributed by atoms with Gasteiger partial charge in [-0.15, -0.1) is 5.10 Å². The van der Waals surface area contributed by atoms with Gasteiger partial charge in [-0.1, -0.05) is 105 Å². The Kier molecular flexibility index (Phi) is 7.59. The zero-order valence-electron chi connectivity index (χ0n) is 16.5. The van der Waals surface area contributed by atoms with Gasteiger partial charge in [0.2, 0.25) is 0 Å². The average Bonchev–Trinajstić information content (AvgIpc) is 3.10. The van der Waals surface area contributed by atoms with E-state index in [9.17, 15) is 0 Å². The highest BCUT2D eigenvalue weighted by atomic mass is 31.1. The Bertz CT molecular complexity index is 760. The van der Waals surface area contributed by atoms with E-state index in [2.05, 4.69) is 84.4 Å². The molecule has 3 aromatic rings. The quantitative estimate of drug-likeness (QED) is 0.382. The molecule has 3 rings (SSSR count). The molecule has 27 heavy (non-hydrogen) atoms. The highest BCUT2D eigenvalue weighted by Crippen LogP contribution is 2.33. The Hall–Kier alpha value is -1.99. The standard InChI is InChI=1S/C23H30N3P/c1-3-5-6-13-19-26-22(14-4-2)23(24-25-26)27(20-15-9-7-10-16-20)21-17-11-8-12-18-21/h7-12,15-18H,3-6,13-14,19H2,1-2H3. The van der Waals surface area contributed by atoms with Crippen molar-refractivity contribution >= 4 is 24.0 Å². The van der Waals surface area contributed by atoms with E-state index in [0.29, 0.717) is 0 Å². The Labute approximate surface area is 164 Å². The van der Waals surface area contributed by atoms with Gasteiger partial charge in [-0.25, -0.2) is 4.68 Å². The molecule has 0 N–H and O–H groups in total. The smallest absolute Gasteiger partial charge is 0.117 e. The maximum Gasteiger partial charge on any atom is 0.117 e. The molecule has 0 radical (unpaired) electrons. The van der Waals surface area contributed by atoms with E-state index in [4.69, 9.17) is 5.10 Å². The van der Waals surface area contributed by atoms with Crippen molar-refractivity contribution in [2.75, 3.05) is 0 Å². The minimum Gasteiger partial charge on any atom is -0.249 e. The van der Waals surface area contributed by atoms with Crippen molar-refractivity contribution in [3.63, 3.8) is 0 Å². The fourth-order valence-electron chi connectivity index (χ4n) is 3.39. The normalized spacial score (nSPS) is 11.2. The van der Waals surface area contributed by atoms with Crippen molar-refractivity contribution in [1.82, 2.24) is 15.0 Å². The lowest BCUT2D eigenvalue weighted by Gasteiger charge is -2.18. The molecule has 0 unspecified atom stereocenters. The van der Waals surface area contributed by atoms with Crippen LogP contribution in [0.5, 0.6) is 0 Å². The molecule has 0 saturated heterocycles. The number of hydrogen-bond acceptors (Lipinski definition) is 2. The summed E-state index contributed by atoms with van der Waals surface area (Å²) in [5.74, 6) is 0. The Morgan fingerprint density at radius 3 is 1.96 bits per heavy atom. The van der Waals surface area contributed by atoms with E-state index in [1.165, 1.54) is 47.4 Å². The first-order valence-electron chi connectivity index (χ1n) is 10.2. The van der Waals surface area contributed by atoms with Gasteiger partial charge in [0.1, 0.15) is 5.44 Å². The molecular formula is C23H30N3P. The lowest BCUT2D eigenvalue weighted by Crippen LogP contribution is -2.24. The summed E-state index contributed by atoms with van der Waals surface area (Å²) in [6.07, 6.45) is 7.16. The summed E-state index contributed by atoms with van der Waals surface area (Å²) in [5, 5.41) is 12.0. The first-order valence-corrected chi connectivity index (χ1v) is 11.5. The van der Waals surface area contributed by atoms with Crippen LogP contribution >= 0.6 is 7.92 Å². The van der Waals surface area contributed by atoms with Gasteiger partial charge in [0.15, 0.2) is 0 Å². The minimum absolute atomic E-state index is 0.674. The molecule has 0 saturated carbocycles. The summed E-state index contributed by atoms with van der Waals surface area (Å²) in [7, 11) is -0.674. The molecule has 1 aromatic heterocycles. The van der Waals surface area contributed by atoms with Gasteiger partial charge in [-0.05, 0) is 23.5 Å². The number of benzene rings is 2. The van der Waals surface area contributed by atoms with Crippen LogP contribution in [0.3, 0.4) is 0 Å². The third-order valence-electron chi connectivity index (χ3n) is 4.77. The fourth-order valence-corrected chi connectivity index (χ4v) is 5.73. The maximum absolute atomic E-state index is 4.73. The third kappa shape index (κ3) is 5.05. The molecule has 0 aliphatic heterocycles. The van der Waals surface area contributed by atoms with E-state index >= 15 is 0 Å². The van der Waals surface area contributed by atoms with Crippen LogP contribution in [0.25, 0.3) is 0 Å². The van der Waals surface area contributed by atoms with Gasteiger partial charge in [0, 0.05) is 14.5 Å². The van der Waals surface area contributed by atoms with Gasteiger partial charge >= 0.3 is 0 Å². The first-order chi connectivity index (χ1) is 13.3. The van der Waals surface area contributed by atoms with Gasteiger partial charge in [-0.2, -0.15) is 0 Å². The highest BCUT2D eigenvalue weighted by Gasteiger charge is 2.24. The van der Waals surface area contributed by atoms with Crippen molar-refractivity contribution in [3.8, 4) is 0 Å². The van der Waals surface area contributed by atoms with Crippen LogP contribution in [0.15, 0.2) is 60.7 Å². The summed E-state index contributed by atoms with van der Waals surface area (Å²) < 4.78 is 2.18. The third-order valence-corrected chi connectivity index (χ3v) is 7.17. The van der Waals surface area contributed by atoms with Crippen LogP contribution in [0.2, 0.25) is 0 Å². The van der Waals surface area contributed by atoms with E-state index < -0.39 is 7.92 Å². The Balaban J connectivity index is 1.98. The summed E-state index contributed by atoms with van der Waals surface area (Å²) in [6.45, 7) is 5.48. The SMILES string of the molecule is CCCCCCn1nnc(P(c2ccccc2)c2ccccc2)c1CCC. The van der Waals surface area contributed by atoms with Gasteiger partial charge in [0.05, 0.1) is 5.69 Å². The van der Waals surface area contributed by atoms with Crippen LogP contribution in [-0.4, -0.2) is 15.0 Å². The fraction of sp³-hybridized carbons (Fsp3) is 0.391. The molecule has 0 aliphatic carbocycles. The van der Waals surface area contributed by atoms with Gasteiger partial charge in [-0.3, -0.25) is 0 Å². The topological polar surface area (TPSA) is 30.7 Å². The number of hydrogen-bond donors (Lipinski definition) is 0. The Morgan fingerprint density at radius 1 is 0.778 bits per heavy atom. The summed E-state index contributed by atoms with van der Waals surface area (Å²) in [4.78, 5) is 0. The summed E-state index contributed by atoms with van der Waals surface area (Å²) in [6, 6.07) is 21.6. The molecule has 142 valence electrons. The van der Waals surface area contributed by atoms with E-state index in [1.807, 2.05) is 0 Å². The number of aromatic nitrogens is 3. The van der Waals surface area contributed by atoms with Crippen LogP contribution in [0.4, 0.5) is 0 Å². The molecule has 0 aliphatic rings. The van der Waals surface area contributed by atoms with Crippen molar-refractivity contribution in [2.45, 2.75) is 58.9 Å². The molecule has 0 atom stereocenters. The number of aryl methyl sites for hydroxylation is 1. The Morgan fingerprint density at radius 2 is 1.41 bits per heavy atom. The van der Waals surface area contributed by atoms with Crippen molar-refractivity contribution in [1.29, 1.82) is 0 Å². The second kappa shape index (κ2) is 10.4. The van der Waals surface area contributed by atoms with Crippen molar-refractivity contribution < 1.29 is 0 Å². The average molecular weight is 379 g/mol. The summed E-state index contributed by atoms with van der Waals surface area (Å²) in [5.41, 5.74) is 2.51. The molecule has 2 aromatic carbocycles. The van der Waals surface area contributed by atoms with Crippen molar-refractivity contribution in [2.24, 2.45) is 0 Å². The molecule has 0 spiro atoms. The van der Waals surface area contributed by atoms with E-state index in [1.54, 1.807) is 0 Å². The van der Waals surface area contributed by atoms with Gasteiger partial charge in [0.25, 0.3) is 0 Å². The number of rotatable bonds is 10. The van der Waals surface area contributed by atoms with Crippen LogP contribution in [0, 0.1) is 0 Å². The highest BCUT2D eigenvalue weighted by molar-refractivity contribution is 7.79. The van der Waals surface area contributed by atoms with Crippen LogP contribution in [0.1, 0.15) is 51.6 Å². The largest absolute Gasteiger partial charge is 0.249 e. The second-order valence-corrected chi connectivity index (χ2v) is 9.03. The molecule has 0 amide bonds. The minimum atomic E-state index is -0.674. The zero-order valence-corrected chi connectivity index (χ0v) is 17.4. The maximum atomic E-state index is 4.73. The lowest BCUT2D eigenvalue weighted by molar-refractivity contribution is 0.510. The number of unbranched alkanes of at least 4 members (excludes halogenated alkanes) is 3. The van der Waals surface area contributed by atoms with E-state index in [-0.39, 0.29) is 0 Å². The van der Waals surface area contributed by atoms with Gasteiger partial charge < -0.3 is 0 Å². The molecule has 4 heteroatoms.